The van der Waals surface area contributed by atoms with Gasteiger partial charge in [0.1, 0.15) is 0 Å². The Balaban J connectivity index is 1.68. The lowest BCUT2D eigenvalue weighted by Gasteiger charge is -2.07. The quantitative estimate of drug-likeness (QED) is 0.829. The lowest BCUT2D eigenvalue weighted by molar-refractivity contribution is -0.119. The number of benzene rings is 1. The maximum absolute atomic E-state index is 11.7. The average Bonchev–Trinajstić information content (AvgIpc) is 2.55. The molecule has 1 aromatic heterocycles. The van der Waals surface area contributed by atoms with Crippen molar-refractivity contribution in [1.82, 2.24) is 15.8 Å². The van der Waals surface area contributed by atoms with E-state index in [2.05, 4.69) is 15.8 Å². The lowest BCUT2D eigenvalue weighted by atomic mass is 10.2. The van der Waals surface area contributed by atoms with E-state index in [-0.39, 0.29) is 17.6 Å². The highest BCUT2D eigenvalue weighted by Gasteiger charge is 2.07. The van der Waals surface area contributed by atoms with E-state index in [0.29, 0.717) is 5.56 Å². The molecule has 2 amide bonds. The van der Waals surface area contributed by atoms with Crippen LogP contribution >= 0.6 is 11.8 Å². The smallest absolute Gasteiger partial charge is 0.271 e. The molecule has 22 heavy (non-hydrogen) atoms. The van der Waals surface area contributed by atoms with E-state index in [4.69, 9.17) is 0 Å². The standard InChI is InChI=1S/C16H17N3O2S/c1-12-4-6-13(7-5-12)10-22-11-15(20)18-19-16(21)14-3-2-8-17-9-14/h2-9H,10-11H2,1H3,(H,18,20)(H,19,21). The number of amides is 2. The molecule has 0 aliphatic rings. The van der Waals surface area contributed by atoms with Gasteiger partial charge in [-0.2, -0.15) is 0 Å². The molecule has 2 aromatic rings. The Morgan fingerprint density at radius 3 is 2.59 bits per heavy atom. The summed E-state index contributed by atoms with van der Waals surface area (Å²) in [4.78, 5) is 27.2. The van der Waals surface area contributed by atoms with Crippen molar-refractivity contribution in [2.75, 3.05) is 5.75 Å². The minimum Gasteiger partial charge on any atom is -0.272 e. The molecular weight excluding hydrogens is 298 g/mol. The number of aromatic nitrogens is 1. The summed E-state index contributed by atoms with van der Waals surface area (Å²) in [5, 5.41) is 0. The molecule has 0 spiro atoms. The number of nitrogens with one attached hydrogen (secondary N) is 2. The minimum atomic E-state index is -0.384. The Morgan fingerprint density at radius 2 is 1.91 bits per heavy atom. The minimum absolute atomic E-state index is 0.241. The maximum Gasteiger partial charge on any atom is 0.271 e. The molecule has 0 fully saturated rings. The van der Waals surface area contributed by atoms with Crippen LogP contribution in [0.1, 0.15) is 21.5 Å². The summed E-state index contributed by atoms with van der Waals surface area (Å²) in [5.41, 5.74) is 7.53. The van der Waals surface area contributed by atoms with Crippen molar-refractivity contribution in [3.8, 4) is 0 Å². The molecule has 2 rings (SSSR count). The number of hydrazine groups is 1. The Kier molecular flexibility index (Phi) is 5.97. The van der Waals surface area contributed by atoms with Crippen LogP contribution in [0.15, 0.2) is 48.8 Å². The van der Waals surface area contributed by atoms with E-state index in [1.54, 1.807) is 18.3 Å². The number of hydrogen-bond acceptors (Lipinski definition) is 4. The number of rotatable bonds is 5. The molecule has 1 heterocycles. The zero-order valence-corrected chi connectivity index (χ0v) is 13.0. The van der Waals surface area contributed by atoms with Crippen molar-refractivity contribution in [2.45, 2.75) is 12.7 Å². The van der Waals surface area contributed by atoms with Crippen LogP contribution in [0.25, 0.3) is 0 Å². The molecule has 1 aromatic carbocycles. The van der Waals surface area contributed by atoms with Crippen molar-refractivity contribution >= 4 is 23.6 Å². The van der Waals surface area contributed by atoms with Crippen LogP contribution < -0.4 is 10.9 Å². The van der Waals surface area contributed by atoms with Crippen LogP contribution in [0, 0.1) is 6.92 Å². The van der Waals surface area contributed by atoms with Crippen LogP contribution in [-0.2, 0) is 10.5 Å². The number of carbonyl (C=O) groups excluding carboxylic acids is 2. The first-order valence-electron chi connectivity index (χ1n) is 6.77. The number of aryl methyl sites for hydroxylation is 1. The Bertz CT molecular complexity index is 630. The van der Waals surface area contributed by atoms with Gasteiger partial charge in [0.05, 0.1) is 11.3 Å². The Labute approximate surface area is 133 Å². The topological polar surface area (TPSA) is 71.1 Å². The number of pyridine rings is 1. The van der Waals surface area contributed by atoms with Gasteiger partial charge in [-0.05, 0) is 24.6 Å². The molecular formula is C16H17N3O2S. The zero-order valence-electron chi connectivity index (χ0n) is 12.2. The van der Waals surface area contributed by atoms with Gasteiger partial charge in [0.25, 0.3) is 5.91 Å². The summed E-state index contributed by atoms with van der Waals surface area (Å²) in [6.07, 6.45) is 3.02. The highest BCUT2D eigenvalue weighted by Crippen LogP contribution is 2.12. The van der Waals surface area contributed by atoms with E-state index >= 15 is 0 Å². The molecule has 5 nitrogen and oxygen atoms in total. The van der Waals surface area contributed by atoms with Gasteiger partial charge in [0.15, 0.2) is 0 Å². The monoisotopic (exact) mass is 315 g/mol. The van der Waals surface area contributed by atoms with Gasteiger partial charge in [0.2, 0.25) is 5.91 Å². The van der Waals surface area contributed by atoms with E-state index in [1.165, 1.54) is 29.1 Å². The normalized spacial score (nSPS) is 10.0. The number of nitrogens with zero attached hydrogens (tertiary/aromatic N) is 1. The highest BCUT2D eigenvalue weighted by molar-refractivity contribution is 7.99. The number of hydrogen-bond donors (Lipinski definition) is 2. The van der Waals surface area contributed by atoms with Crippen molar-refractivity contribution in [3.05, 3.63) is 65.5 Å². The SMILES string of the molecule is Cc1ccc(CSCC(=O)NNC(=O)c2cccnc2)cc1. The van der Waals surface area contributed by atoms with Crippen LogP contribution in [0.5, 0.6) is 0 Å². The predicted molar refractivity (Wildman–Crippen MR) is 87.2 cm³/mol. The van der Waals surface area contributed by atoms with Crippen LogP contribution in [0.2, 0.25) is 0 Å². The average molecular weight is 315 g/mol. The van der Waals surface area contributed by atoms with Crippen molar-refractivity contribution < 1.29 is 9.59 Å². The van der Waals surface area contributed by atoms with E-state index in [1.807, 2.05) is 31.2 Å². The predicted octanol–water partition coefficient (Wildman–Crippen LogP) is 2.08. The summed E-state index contributed by atoms with van der Waals surface area (Å²) < 4.78 is 0. The largest absolute Gasteiger partial charge is 0.272 e. The van der Waals surface area contributed by atoms with Gasteiger partial charge in [0, 0.05) is 18.1 Å². The molecule has 0 radical (unpaired) electrons. The van der Waals surface area contributed by atoms with Gasteiger partial charge in [-0.25, -0.2) is 0 Å². The van der Waals surface area contributed by atoms with Gasteiger partial charge >= 0.3 is 0 Å². The third-order valence-corrected chi connectivity index (χ3v) is 3.87. The second kappa shape index (κ2) is 8.19. The second-order valence-electron chi connectivity index (χ2n) is 4.72. The molecule has 0 aliphatic heterocycles. The Morgan fingerprint density at radius 1 is 1.14 bits per heavy atom. The molecule has 114 valence electrons. The summed E-state index contributed by atoms with van der Waals surface area (Å²) in [7, 11) is 0. The summed E-state index contributed by atoms with van der Waals surface area (Å²) in [6.45, 7) is 2.04. The third kappa shape index (κ3) is 5.21. The third-order valence-electron chi connectivity index (χ3n) is 2.86. The van der Waals surface area contributed by atoms with Crippen molar-refractivity contribution in [1.29, 1.82) is 0 Å². The summed E-state index contributed by atoms with van der Waals surface area (Å²) >= 11 is 1.49. The molecule has 2 N–H and O–H groups in total. The molecule has 0 aliphatic carbocycles. The first-order valence-corrected chi connectivity index (χ1v) is 7.93. The number of thioether (sulfide) groups is 1. The van der Waals surface area contributed by atoms with E-state index < -0.39 is 0 Å². The summed E-state index contributed by atoms with van der Waals surface area (Å²) in [5.74, 6) is 0.408. The molecule has 0 bridgehead atoms. The fourth-order valence-corrected chi connectivity index (χ4v) is 2.47. The first kappa shape index (κ1) is 16.0. The highest BCUT2D eigenvalue weighted by atomic mass is 32.2. The van der Waals surface area contributed by atoms with Crippen LogP contribution in [0.4, 0.5) is 0 Å². The maximum atomic E-state index is 11.7. The van der Waals surface area contributed by atoms with Gasteiger partial charge in [-0.1, -0.05) is 29.8 Å². The second-order valence-corrected chi connectivity index (χ2v) is 5.71. The Hall–Kier alpha value is -2.34. The zero-order chi connectivity index (χ0) is 15.8. The first-order chi connectivity index (χ1) is 10.6. The molecule has 0 atom stereocenters. The van der Waals surface area contributed by atoms with Crippen LogP contribution in [-0.4, -0.2) is 22.6 Å². The lowest BCUT2D eigenvalue weighted by Crippen LogP contribution is -2.42. The van der Waals surface area contributed by atoms with Gasteiger partial charge in [-0.3, -0.25) is 25.4 Å². The fraction of sp³-hybridized carbons (Fsp3) is 0.188. The van der Waals surface area contributed by atoms with Gasteiger partial charge < -0.3 is 0 Å². The van der Waals surface area contributed by atoms with Crippen LogP contribution in [0.3, 0.4) is 0 Å². The van der Waals surface area contributed by atoms with E-state index in [9.17, 15) is 9.59 Å². The summed E-state index contributed by atoms with van der Waals surface area (Å²) in [6, 6.07) is 11.5. The molecule has 6 heteroatoms. The van der Waals surface area contributed by atoms with Crippen molar-refractivity contribution in [2.24, 2.45) is 0 Å². The van der Waals surface area contributed by atoms with Gasteiger partial charge in [-0.15, -0.1) is 11.8 Å². The molecule has 0 unspecified atom stereocenters. The molecule has 0 saturated heterocycles. The molecule has 0 saturated carbocycles. The number of carbonyl (C=O) groups is 2. The fourth-order valence-electron chi connectivity index (χ4n) is 1.68. The van der Waals surface area contributed by atoms with E-state index in [0.717, 1.165) is 5.75 Å². The van der Waals surface area contributed by atoms with Crippen molar-refractivity contribution in [3.63, 3.8) is 0 Å².